The van der Waals surface area contributed by atoms with E-state index in [2.05, 4.69) is 25.6 Å². The van der Waals surface area contributed by atoms with Crippen molar-refractivity contribution < 1.29 is 27.5 Å². The third-order valence-electron chi connectivity index (χ3n) is 5.40. The Morgan fingerprint density at radius 1 is 1.13 bits per heavy atom. The van der Waals surface area contributed by atoms with Crippen LogP contribution in [0.5, 0.6) is 11.5 Å². The third kappa shape index (κ3) is 7.48. The summed E-state index contributed by atoms with van der Waals surface area (Å²) in [7, 11) is 1.61. The van der Waals surface area contributed by atoms with Crippen LogP contribution in [0.1, 0.15) is 40.5 Å². The van der Waals surface area contributed by atoms with E-state index in [1.807, 2.05) is 6.92 Å². The second-order valence-electron chi connectivity index (χ2n) is 8.05. The minimum atomic E-state index is -4.53. The predicted octanol–water partition coefficient (Wildman–Crippen LogP) is 5.50. The first-order chi connectivity index (χ1) is 18.1. The van der Waals surface area contributed by atoms with E-state index in [-0.39, 0.29) is 18.3 Å². The van der Waals surface area contributed by atoms with E-state index in [1.54, 1.807) is 50.4 Å². The maximum Gasteiger partial charge on any atom is 0.433 e. The molecule has 0 aliphatic carbocycles. The summed E-state index contributed by atoms with van der Waals surface area (Å²) in [4.78, 5) is 36.7. The first-order valence-corrected chi connectivity index (χ1v) is 11.6. The minimum absolute atomic E-state index is 0.000211. The van der Waals surface area contributed by atoms with Crippen LogP contribution in [0.2, 0.25) is 0 Å². The number of anilines is 1. The summed E-state index contributed by atoms with van der Waals surface area (Å²) >= 11 is 0. The maximum atomic E-state index is 12.8. The first-order valence-electron chi connectivity index (χ1n) is 11.6. The number of pyridine rings is 2. The van der Waals surface area contributed by atoms with Crippen LogP contribution in [-0.4, -0.2) is 35.0 Å². The van der Waals surface area contributed by atoms with Crippen LogP contribution in [0, 0.1) is 6.92 Å². The van der Waals surface area contributed by atoms with Gasteiger partial charge in [0.25, 0.3) is 11.8 Å². The van der Waals surface area contributed by atoms with Crippen LogP contribution in [0.4, 0.5) is 19.0 Å². The Labute approximate surface area is 217 Å². The van der Waals surface area contributed by atoms with Crippen LogP contribution in [0.3, 0.4) is 0 Å². The number of carbonyl (C=O) groups is 2. The normalized spacial score (nSPS) is 11.9. The van der Waals surface area contributed by atoms with Gasteiger partial charge < -0.3 is 15.4 Å². The molecule has 0 saturated heterocycles. The molecule has 0 radical (unpaired) electrons. The van der Waals surface area contributed by atoms with E-state index in [1.165, 1.54) is 18.5 Å². The molecule has 2 aromatic heterocycles. The maximum absolute atomic E-state index is 12.8. The Morgan fingerprint density at radius 2 is 1.92 bits per heavy atom. The number of nitrogens with zero attached hydrogens (tertiary/aromatic N) is 3. The lowest BCUT2D eigenvalue weighted by Gasteiger charge is -2.14. The van der Waals surface area contributed by atoms with Gasteiger partial charge in [0.15, 0.2) is 0 Å². The minimum Gasteiger partial charge on any atom is -0.457 e. The fourth-order valence-corrected chi connectivity index (χ4v) is 3.33. The smallest absolute Gasteiger partial charge is 0.433 e. The van der Waals surface area contributed by atoms with Gasteiger partial charge in [-0.05, 0) is 49.2 Å². The Bertz CT molecular complexity index is 1350. The van der Waals surface area contributed by atoms with Gasteiger partial charge in [-0.1, -0.05) is 19.1 Å². The molecule has 2 heterocycles. The lowest BCUT2D eigenvalue weighted by atomic mass is 10.1. The zero-order valence-electron chi connectivity index (χ0n) is 21.0. The van der Waals surface area contributed by atoms with Gasteiger partial charge >= 0.3 is 6.18 Å². The van der Waals surface area contributed by atoms with Crippen LogP contribution in [0.25, 0.3) is 0 Å². The van der Waals surface area contributed by atoms with Crippen molar-refractivity contribution in [3.8, 4) is 11.5 Å². The van der Waals surface area contributed by atoms with Gasteiger partial charge in [-0.2, -0.15) is 13.2 Å². The molecule has 0 aliphatic rings. The lowest BCUT2D eigenvalue weighted by molar-refractivity contribution is -0.141. The molecule has 8 nitrogen and oxygen atoms in total. The Hall–Kier alpha value is -4.54. The summed E-state index contributed by atoms with van der Waals surface area (Å²) in [5.41, 5.74) is 0.838. The number of ether oxygens (including phenoxy) is 1. The number of carbonyl (C=O) groups excluding carboxylic acids is 2. The number of allylic oxidation sites excluding steroid dienone is 1. The van der Waals surface area contributed by atoms with Gasteiger partial charge in [-0.15, -0.1) is 0 Å². The number of rotatable bonds is 9. The van der Waals surface area contributed by atoms with E-state index >= 15 is 0 Å². The van der Waals surface area contributed by atoms with E-state index in [0.29, 0.717) is 40.2 Å². The molecule has 0 aliphatic heterocycles. The highest BCUT2D eigenvalue weighted by atomic mass is 19.4. The van der Waals surface area contributed by atoms with Gasteiger partial charge in [0.1, 0.15) is 23.0 Å². The van der Waals surface area contributed by atoms with E-state index in [4.69, 9.17) is 4.74 Å². The van der Waals surface area contributed by atoms with Crippen molar-refractivity contribution in [3.05, 3.63) is 88.9 Å². The van der Waals surface area contributed by atoms with Gasteiger partial charge in [-0.25, -0.2) is 4.98 Å². The van der Waals surface area contributed by atoms with Gasteiger partial charge in [0.05, 0.1) is 0 Å². The van der Waals surface area contributed by atoms with Gasteiger partial charge in [0.2, 0.25) is 0 Å². The molecule has 1 aromatic carbocycles. The van der Waals surface area contributed by atoms with Crippen molar-refractivity contribution in [1.82, 2.24) is 15.3 Å². The molecule has 0 unspecified atom stereocenters. The zero-order chi connectivity index (χ0) is 27.7. The summed E-state index contributed by atoms with van der Waals surface area (Å²) in [6.07, 6.45) is 1.71. The third-order valence-corrected chi connectivity index (χ3v) is 5.40. The molecule has 198 valence electrons. The number of amides is 2. The zero-order valence-corrected chi connectivity index (χ0v) is 21.0. The van der Waals surface area contributed by atoms with E-state index in [0.717, 1.165) is 12.3 Å². The van der Waals surface area contributed by atoms with Crippen LogP contribution < -0.4 is 15.4 Å². The second-order valence-corrected chi connectivity index (χ2v) is 8.05. The highest BCUT2D eigenvalue weighted by Gasteiger charge is 2.32. The monoisotopic (exact) mass is 525 g/mol. The fourth-order valence-electron chi connectivity index (χ4n) is 3.33. The quantitative estimate of drug-likeness (QED) is 0.283. The largest absolute Gasteiger partial charge is 0.457 e. The Kier molecular flexibility index (Phi) is 9.31. The highest BCUT2D eigenvalue weighted by molar-refractivity contribution is 6.05. The molecule has 38 heavy (non-hydrogen) atoms. The average Bonchev–Trinajstić information content (AvgIpc) is 2.89. The number of halogens is 3. The van der Waals surface area contributed by atoms with Crippen molar-refractivity contribution in [1.29, 1.82) is 0 Å². The van der Waals surface area contributed by atoms with Crippen molar-refractivity contribution >= 4 is 23.8 Å². The van der Waals surface area contributed by atoms with Crippen LogP contribution >= 0.6 is 0 Å². The molecular weight excluding hydrogens is 499 g/mol. The molecule has 0 fully saturated rings. The predicted molar refractivity (Wildman–Crippen MR) is 137 cm³/mol. The summed E-state index contributed by atoms with van der Waals surface area (Å²) in [6.45, 7) is 3.57. The highest BCUT2D eigenvalue weighted by Crippen LogP contribution is 2.29. The van der Waals surface area contributed by atoms with Crippen molar-refractivity contribution in [3.63, 3.8) is 0 Å². The Morgan fingerprint density at radius 3 is 2.58 bits per heavy atom. The molecular formula is C27H26F3N5O3. The van der Waals surface area contributed by atoms with Crippen molar-refractivity contribution in [2.24, 2.45) is 4.99 Å². The molecule has 3 aromatic rings. The molecule has 11 heteroatoms. The van der Waals surface area contributed by atoms with Crippen molar-refractivity contribution in [2.75, 3.05) is 12.4 Å². The number of benzene rings is 1. The number of aliphatic imine (C=N–C) groups is 1. The SMILES string of the molecule is CC/C(=C\C=NC)C(=O)Nc1cc(Oc2cccc(C(=O)NCc3ccc(C(F)(F)F)nc3)c2C)ccn1. The summed E-state index contributed by atoms with van der Waals surface area (Å²) in [6, 6.07) is 10.2. The molecule has 2 amide bonds. The number of hydrogen-bond donors (Lipinski definition) is 2. The van der Waals surface area contributed by atoms with Crippen LogP contribution in [-0.2, 0) is 17.5 Å². The number of alkyl halides is 3. The fraction of sp³-hybridized carbons (Fsp3) is 0.222. The number of aromatic nitrogens is 2. The summed E-state index contributed by atoms with van der Waals surface area (Å²) in [5.74, 6) is 0.353. The summed E-state index contributed by atoms with van der Waals surface area (Å²) < 4.78 is 44.0. The topological polar surface area (TPSA) is 106 Å². The lowest BCUT2D eigenvalue weighted by Crippen LogP contribution is -2.24. The molecule has 0 spiro atoms. The van der Waals surface area contributed by atoms with E-state index in [9.17, 15) is 22.8 Å². The molecule has 3 rings (SSSR count). The van der Waals surface area contributed by atoms with Crippen molar-refractivity contribution in [2.45, 2.75) is 33.0 Å². The molecule has 0 atom stereocenters. The first kappa shape index (κ1) is 28.0. The molecule has 0 saturated carbocycles. The average molecular weight is 526 g/mol. The Balaban J connectivity index is 1.69. The summed E-state index contributed by atoms with van der Waals surface area (Å²) in [5, 5.41) is 5.40. The van der Waals surface area contributed by atoms with Gasteiger partial charge in [0, 0.05) is 55.0 Å². The van der Waals surface area contributed by atoms with Crippen LogP contribution in [0.15, 0.2) is 71.5 Å². The standard InChI is InChI=1S/C27H26F3N5O3/c1-4-19(10-12-31-3)25(36)35-24-14-20(11-13-32-24)38-22-7-5-6-21(17(22)2)26(37)34-16-18-8-9-23(33-15-18)27(28,29)30/h5-15H,4,16H2,1-3H3,(H,34,37)(H,32,35,36)/b19-10+,31-12?. The number of hydrogen-bond acceptors (Lipinski definition) is 6. The van der Waals surface area contributed by atoms with Gasteiger partial charge in [-0.3, -0.25) is 19.6 Å². The van der Waals surface area contributed by atoms with E-state index < -0.39 is 17.8 Å². The molecule has 0 bridgehead atoms. The molecule has 2 N–H and O–H groups in total. The number of nitrogens with one attached hydrogen (secondary N) is 2. The second kappa shape index (κ2) is 12.6.